The second kappa shape index (κ2) is 8.80. The molecule has 3 aromatic rings. The second-order valence-corrected chi connectivity index (χ2v) is 9.92. The summed E-state index contributed by atoms with van der Waals surface area (Å²) in [6.45, 7) is 9.43. The Bertz CT molecular complexity index is 1460. The topological polar surface area (TPSA) is 65.6 Å². The number of ether oxygens (including phenoxy) is 1. The number of hydrogen-bond acceptors (Lipinski definition) is 5. The molecule has 0 saturated carbocycles. The van der Waals surface area contributed by atoms with E-state index in [0.717, 1.165) is 22.5 Å². The highest BCUT2D eigenvalue weighted by atomic mass is 35.5. The van der Waals surface area contributed by atoms with Crippen LogP contribution in [-0.2, 0) is 16.6 Å². The van der Waals surface area contributed by atoms with E-state index < -0.39 is 12.0 Å². The number of benzene rings is 1. The van der Waals surface area contributed by atoms with E-state index in [1.807, 2.05) is 39.1 Å². The van der Waals surface area contributed by atoms with Crippen molar-refractivity contribution in [2.24, 2.45) is 12.0 Å². The Morgan fingerprint density at radius 3 is 2.45 bits per heavy atom. The minimum absolute atomic E-state index is 0.193. The molecule has 0 bridgehead atoms. The molecule has 0 spiro atoms. The number of allylic oxidation sites excluding steroid dienone is 1. The SMILES string of the molecule is CC1=C(C(=O)OC(C)C)[C@@H](c2ccc(Cl)cc2)n2c(s/c(=C/c3cc(C)n(C)c3C)c2=O)=N1. The minimum Gasteiger partial charge on any atom is -0.459 e. The highest BCUT2D eigenvalue weighted by Gasteiger charge is 2.33. The number of carbonyl (C=O) groups is 1. The van der Waals surface area contributed by atoms with Crippen molar-refractivity contribution in [2.75, 3.05) is 0 Å². The zero-order valence-corrected chi connectivity index (χ0v) is 21.0. The Morgan fingerprint density at radius 2 is 1.88 bits per heavy atom. The molecule has 8 heteroatoms. The first-order valence-corrected chi connectivity index (χ1v) is 11.9. The highest BCUT2D eigenvalue weighted by Crippen LogP contribution is 2.31. The fourth-order valence-corrected chi connectivity index (χ4v) is 5.16. The van der Waals surface area contributed by atoms with E-state index in [1.54, 1.807) is 37.5 Å². The van der Waals surface area contributed by atoms with Crippen molar-refractivity contribution in [3.05, 3.63) is 88.8 Å². The van der Waals surface area contributed by atoms with E-state index in [-0.39, 0.29) is 11.7 Å². The lowest BCUT2D eigenvalue weighted by molar-refractivity contribution is -0.143. The van der Waals surface area contributed by atoms with Gasteiger partial charge in [0.2, 0.25) is 0 Å². The van der Waals surface area contributed by atoms with Crippen molar-refractivity contribution in [2.45, 2.75) is 46.8 Å². The van der Waals surface area contributed by atoms with Crippen LogP contribution < -0.4 is 14.9 Å². The molecule has 6 nitrogen and oxygen atoms in total. The van der Waals surface area contributed by atoms with E-state index in [9.17, 15) is 9.59 Å². The summed E-state index contributed by atoms with van der Waals surface area (Å²) in [6, 6.07) is 8.58. The molecule has 1 aliphatic heterocycles. The van der Waals surface area contributed by atoms with Crippen molar-refractivity contribution in [1.82, 2.24) is 9.13 Å². The van der Waals surface area contributed by atoms with Crippen LogP contribution in [0.1, 0.15) is 49.3 Å². The number of fused-ring (bicyclic) bond motifs is 1. The van der Waals surface area contributed by atoms with Gasteiger partial charge in [0.25, 0.3) is 5.56 Å². The van der Waals surface area contributed by atoms with Crippen molar-refractivity contribution in [3.8, 4) is 0 Å². The second-order valence-electron chi connectivity index (χ2n) is 8.47. The van der Waals surface area contributed by atoms with Crippen LogP contribution in [-0.4, -0.2) is 21.2 Å². The first-order valence-electron chi connectivity index (χ1n) is 10.7. The number of esters is 1. The molecule has 0 saturated heterocycles. The molecule has 4 rings (SSSR count). The Hall–Kier alpha value is -2.90. The fourth-order valence-electron chi connectivity index (χ4n) is 3.99. The summed E-state index contributed by atoms with van der Waals surface area (Å²) in [6.07, 6.45) is 1.61. The van der Waals surface area contributed by atoms with Crippen molar-refractivity contribution in [3.63, 3.8) is 0 Å². The summed E-state index contributed by atoms with van der Waals surface area (Å²) < 4.78 is 9.76. The average Bonchev–Trinajstić information content (AvgIpc) is 3.17. The monoisotopic (exact) mass is 483 g/mol. The predicted octanol–water partition coefficient (Wildman–Crippen LogP) is 3.80. The third-order valence-corrected chi connectivity index (χ3v) is 7.11. The number of nitrogens with zero attached hydrogens (tertiary/aromatic N) is 3. The standard InChI is InChI=1S/C25H26ClN3O3S/c1-13(2)32-24(31)21-15(4)27-25-29(22(21)17-7-9-19(26)10-8-17)23(30)20(33-25)12-18-11-14(3)28(6)16(18)5/h7-13,22H,1-6H3/b20-12+/t22-/m1/s1. The zero-order valence-electron chi connectivity index (χ0n) is 19.5. The summed E-state index contributed by atoms with van der Waals surface area (Å²) >= 11 is 7.43. The number of thiazole rings is 1. The molecule has 0 aliphatic carbocycles. The largest absolute Gasteiger partial charge is 0.459 e. The zero-order chi connectivity index (χ0) is 24.0. The molecule has 2 aromatic heterocycles. The lowest BCUT2D eigenvalue weighted by atomic mass is 9.96. The average molecular weight is 484 g/mol. The quantitative estimate of drug-likeness (QED) is 0.530. The molecule has 1 aromatic carbocycles. The van der Waals surface area contributed by atoms with Gasteiger partial charge in [0.15, 0.2) is 4.80 Å². The highest BCUT2D eigenvalue weighted by molar-refractivity contribution is 7.07. The Morgan fingerprint density at radius 1 is 1.21 bits per heavy atom. The van der Waals surface area contributed by atoms with Gasteiger partial charge in [0, 0.05) is 23.5 Å². The van der Waals surface area contributed by atoms with Crippen molar-refractivity contribution in [1.29, 1.82) is 0 Å². The molecule has 33 heavy (non-hydrogen) atoms. The van der Waals surface area contributed by atoms with Gasteiger partial charge in [-0.1, -0.05) is 35.1 Å². The maximum absolute atomic E-state index is 13.6. The van der Waals surface area contributed by atoms with Crippen molar-refractivity contribution < 1.29 is 9.53 Å². The first-order chi connectivity index (χ1) is 15.6. The van der Waals surface area contributed by atoms with E-state index in [0.29, 0.717) is 25.6 Å². The molecule has 0 fully saturated rings. The van der Waals surface area contributed by atoms with Gasteiger partial charge < -0.3 is 9.30 Å². The van der Waals surface area contributed by atoms with Crippen LogP contribution >= 0.6 is 22.9 Å². The lowest BCUT2D eigenvalue weighted by Gasteiger charge is -2.25. The number of aryl methyl sites for hydroxylation is 1. The third-order valence-electron chi connectivity index (χ3n) is 5.87. The van der Waals surface area contributed by atoms with Gasteiger partial charge in [0.1, 0.15) is 0 Å². The Balaban J connectivity index is 1.96. The van der Waals surface area contributed by atoms with Crippen LogP contribution in [0.2, 0.25) is 5.02 Å². The predicted molar refractivity (Wildman–Crippen MR) is 131 cm³/mol. The number of hydrogen-bond donors (Lipinski definition) is 0. The van der Waals surface area contributed by atoms with Gasteiger partial charge in [-0.3, -0.25) is 9.36 Å². The minimum atomic E-state index is -0.648. The smallest absolute Gasteiger partial charge is 0.338 e. The van der Waals surface area contributed by atoms with E-state index >= 15 is 0 Å². The maximum Gasteiger partial charge on any atom is 0.338 e. The molecule has 1 atom stereocenters. The van der Waals surface area contributed by atoms with E-state index in [4.69, 9.17) is 16.3 Å². The first kappa shape index (κ1) is 23.3. The summed E-state index contributed by atoms with van der Waals surface area (Å²) in [5.74, 6) is -0.477. The fraction of sp³-hybridized carbons (Fsp3) is 0.320. The van der Waals surface area contributed by atoms with E-state index in [1.165, 1.54) is 11.3 Å². The molecular weight excluding hydrogens is 458 g/mol. The number of aromatic nitrogens is 2. The van der Waals surface area contributed by atoms with Crippen LogP contribution in [0.15, 0.2) is 51.4 Å². The van der Waals surface area contributed by atoms with Crippen LogP contribution in [0.25, 0.3) is 6.08 Å². The molecule has 1 aliphatic rings. The molecule has 172 valence electrons. The third kappa shape index (κ3) is 4.23. The van der Waals surface area contributed by atoms with Crippen LogP contribution in [0.4, 0.5) is 0 Å². The van der Waals surface area contributed by atoms with Crippen LogP contribution in [0.5, 0.6) is 0 Å². The van der Waals surface area contributed by atoms with Gasteiger partial charge in [-0.15, -0.1) is 0 Å². The molecule has 0 N–H and O–H groups in total. The molecular formula is C25H26ClN3O3S. The van der Waals surface area contributed by atoms with Crippen molar-refractivity contribution >= 4 is 35.0 Å². The lowest BCUT2D eigenvalue weighted by Crippen LogP contribution is -2.40. The maximum atomic E-state index is 13.6. The molecule has 0 radical (unpaired) electrons. The number of halogens is 1. The van der Waals surface area contributed by atoms with Gasteiger partial charge in [0.05, 0.1) is 27.9 Å². The van der Waals surface area contributed by atoms with Crippen LogP contribution in [0, 0.1) is 13.8 Å². The van der Waals surface area contributed by atoms with Crippen LogP contribution in [0.3, 0.4) is 0 Å². The Kier molecular flexibility index (Phi) is 6.20. The summed E-state index contributed by atoms with van der Waals surface area (Å²) in [5, 5.41) is 0.577. The van der Waals surface area contributed by atoms with Gasteiger partial charge in [-0.2, -0.15) is 0 Å². The van der Waals surface area contributed by atoms with Gasteiger partial charge >= 0.3 is 5.97 Å². The number of carbonyl (C=O) groups excluding carboxylic acids is 1. The normalized spacial score (nSPS) is 16.2. The van der Waals surface area contributed by atoms with Gasteiger partial charge in [-0.25, -0.2) is 9.79 Å². The summed E-state index contributed by atoms with van der Waals surface area (Å²) in [4.78, 5) is 31.9. The summed E-state index contributed by atoms with van der Waals surface area (Å²) in [7, 11) is 2.00. The Labute approximate surface area is 201 Å². The molecule has 0 amide bonds. The number of rotatable bonds is 4. The van der Waals surface area contributed by atoms with E-state index in [2.05, 4.69) is 15.6 Å². The molecule has 0 unspecified atom stereocenters. The summed E-state index contributed by atoms with van der Waals surface area (Å²) in [5.41, 5.74) is 4.64. The van der Waals surface area contributed by atoms with Gasteiger partial charge in [-0.05, 0) is 70.0 Å². The molecule has 3 heterocycles.